The summed E-state index contributed by atoms with van der Waals surface area (Å²) in [5.74, 6) is 0.198. The normalized spacial score (nSPS) is 14.4. The van der Waals surface area contributed by atoms with Gasteiger partial charge in [0, 0.05) is 43.7 Å². The highest BCUT2D eigenvalue weighted by Gasteiger charge is 2.21. The van der Waals surface area contributed by atoms with Crippen LogP contribution in [-0.2, 0) is 17.6 Å². The summed E-state index contributed by atoms with van der Waals surface area (Å²) in [5.41, 5.74) is 2.64. The van der Waals surface area contributed by atoms with Gasteiger partial charge in [-0.1, -0.05) is 66.5 Å². The van der Waals surface area contributed by atoms with Gasteiger partial charge < -0.3 is 20.7 Å². The van der Waals surface area contributed by atoms with Crippen LogP contribution in [0.2, 0.25) is 5.02 Å². The Hall–Kier alpha value is -2.39. The summed E-state index contributed by atoms with van der Waals surface area (Å²) in [4.78, 5) is 29.3. The Kier molecular flexibility index (Phi) is 10.4. The van der Waals surface area contributed by atoms with Crippen molar-refractivity contribution < 1.29 is 9.90 Å². The minimum atomic E-state index is -0.151. The number of nitrogens with zero attached hydrogens (tertiary/aromatic N) is 1. The quantitative estimate of drug-likeness (QED) is 0.238. The largest absolute Gasteiger partial charge is 0.506 e. The van der Waals surface area contributed by atoms with Crippen molar-refractivity contribution in [2.24, 2.45) is 0 Å². The molecule has 1 amide bonds. The predicted molar refractivity (Wildman–Crippen MR) is 152 cm³/mol. The highest BCUT2D eigenvalue weighted by molar-refractivity contribution is 7.16. The maximum atomic E-state index is 12.5. The van der Waals surface area contributed by atoms with Crippen LogP contribution in [0.4, 0.5) is 0 Å². The maximum Gasteiger partial charge on any atom is 0.305 e. The van der Waals surface area contributed by atoms with Crippen LogP contribution in [0.15, 0.2) is 41.2 Å². The Morgan fingerprint density at radius 1 is 1.03 bits per heavy atom. The molecule has 0 saturated heterocycles. The Labute approximate surface area is 227 Å². The van der Waals surface area contributed by atoms with E-state index in [0.717, 1.165) is 71.2 Å². The Balaban J connectivity index is 1.21. The van der Waals surface area contributed by atoms with Crippen molar-refractivity contribution in [1.82, 2.24) is 20.5 Å². The number of halogens is 1. The van der Waals surface area contributed by atoms with Crippen molar-refractivity contribution >= 4 is 39.1 Å². The summed E-state index contributed by atoms with van der Waals surface area (Å²) in [5, 5.41) is 17.3. The number of benzene rings is 2. The molecule has 3 aromatic rings. The zero-order valence-corrected chi connectivity index (χ0v) is 22.8. The Bertz CT molecular complexity index is 1220. The van der Waals surface area contributed by atoms with Crippen LogP contribution in [0.25, 0.3) is 10.2 Å². The second kappa shape index (κ2) is 14.0. The highest BCUT2D eigenvalue weighted by atomic mass is 35.5. The van der Waals surface area contributed by atoms with E-state index in [0.29, 0.717) is 24.5 Å². The topological polar surface area (TPSA) is 97.5 Å². The number of carbonyl (C=O) groups is 1. The molecule has 0 unspecified atom stereocenters. The number of amides is 1. The fraction of sp³-hybridized carbons (Fsp3) is 0.500. The summed E-state index contributed by atoms with van der Waals surface area (Å²) < 4.78 is 0.830. The summed E-state index contributed by atoms with van der Waals surface area (Å²) in [6, 6.07) is 11.8. The van der Waals surface area contributed by atoms with E-state index in [2.05, 4.69) is 20.5 Å². The first-order chi connectivity index (χ1) is 18.0. The SMILES string of the molecule is O=C(CCN(CCNCCc1ccc(O)c2[nH]c(=O)sc12)C1CCCCC1)NCCc1ccccc1Cl. The molecule has 9 heteroatoms. The lowest BCUT2D eigenvalue weighted by molar-refractivity contribution is -0.121. The van der Waals surface area contributed by atoms with Gasteiger partial charge in [-0.25, -0.2) is 0 Å². The summed E-state index contributed by atoms with van der Waals surface area (Å²) >= 11 is 7.36. The molecular weight excluding hydrogens is 508 g/mol. The third kappa shape index (κ3) is 8.04. The lowest BCUT2D eigenvalue weighted by atomic mass is 9.94. The second-order valence-electron chi connectivity index (χ2n) is 9.73. The number of nitrogens with one attached hydrogen (secondary N) is 3. The Morgan fingerprint density at radius 3 is 2.62 bits per heavy atom. The highest BCUT2D eigenvalue weighted by Crippen LogP contribution is 2.28. The lowest BCUT2D eigenvalue weighted by Gasteiger charge is -2.34. The van der Waals surface area contributed by atoms with E-state index < -0.39 is 0 Å². The van der Waals surface area contributed by atoms with Crippen LogP contribution in [0, 0.1) is 0 Å². The van der Waals surface area contributed by atoms with E-state index in [9.17, 15) is 14.7 Å². The standard InChI is InChI=1S/C28H37ClN4O3S/c29-23-9-5-4-6-20(23)13-16-31-25(35)14-18-33(22-7-2-1-3-8-22)19-17-30-15-12-21-10-11-24(34)26-27(21)37-28(36)32-26/h4-6,9-11,22,30,34H,1-3,7-8,12-19H2,(H,31,35)(H,32,36). The fourth-order valence-electron chi connectivity index (χ4n) is 5.14. The van der Waals surface area contributed by atoms with Crippen LogP contribution in [0.5, 0.6) is 5.75 Å². The zero-order valence-electron chi connectivity index (χ0n) is 21.2. The fourth-order valence-corrected chi connectivity index (χ4v) is 6.26. The van der Waals surface area contributed by atoms with Crippen molar-refractivity contribution in [3.05, 3.63) is 62.2 Å². The molecule has 200 valence electrons. The Morgan fingerprint density at radius 2 is 1.81 bits per heavy atom. The van der Waals surface area contributed by atoms with Gasteiger partial charge in [0.1, 0.15) is 11.3 Å². The smallest absolute Gasteiger partial charge is 0.305 e. The third-order valence-electron chi connectivity index (χ3n) is 7.18. The number of thiazole rings is 1. The first-order valence-electron chi connectivity index (χ1n) is 13.3. The average molecular weight is 545 g/mol. The number of rotatable bonds is 13. The number of fused-ring (bicyclic) bond motifs is 1. The number of phenols is 1. The van der Waals surface area contributed by atoms with E-state index in [4.69, 9.17) is 11.6 Å². The molecule has 0 radical (unpaired) electrons. The van der Waals surface area contributed by atoms with Crippen molar-refractivity contribution in [2.75, 3.05) is 32.7 Å². The first kappa shape index (κ1) is 27.6. The minimum absolute atomic E-state index is 0.0858. The van der Waals surface area contributed by atoms with E-state index in [1.165, 1.54) is 32.1 Å². The lowest BCUT2D eigenvalue weighted by Crippen LogP contribution is -2.43. The van der Waals surface area contributed by atoms with Crippen molar-refractivity contribution in [1.29, 1.82) is 0 Å². The van der Waals surface area contributed by atoms with E-state index in [1.807, 2.05) is 30.3 Å². The van der Waals surface area contributed by atoms with Crippen LogP contribution in [0.3, 0.4) is 0 Å². The molecule has 1 aliphatic carbocycles. The van der Waals surface area contributed by atoms with Crippen LogP contribution in [0.1, 0.15) is 49.7 Å². The van der Waals surface area contributed by atoms with Crippen LogP contribution >= 0.6 is 22.9 Å². The van der Waals surface area contributed by atoms with Gasteiger partial charge in [0.25, 0.3) is 0 Å². The van der Waals surface area contributed by atoms with E-state index in [1.54, 1.807) is 6.07 Å². The molecule has 1 heterocycles. The van der Waals surface area contributed by atoms with Gasteiger partial charge in [-0.05, 0) is 55.5 Å². The number of aromatic nitrogens is 1. The molecule has 4 N–H and O–H groups in total. The van der Waals surface area contributed by atoms with Crippen molar-refractivity contribution in [3.8, 4) is 5.75 Å². The molecule has 7 nitrogen and oxygen atoms in total. The monoisotopic (exact) mass is 544 g/mol. The average Bonchev–Trinajstić information content (AvgIpc) is 3.31. The van der Waals surface area contributed by atoms with Gasteiger partial charge in [-0.15, -0.1) is 0 Å². The van der Waals surface area contributed by atoms with Crippen LogP contribution < -0.4 is 15.5 Å². The number of carbonyl (C=O) groups excluding carboxylic acids is 1. The van der Waals surface area contributed by atoms with Gasteiger partial charge in [0.2, 0.25) is 5.91 Å². The molecular formula is C28H37ClN4O3S. The minimum Gasteiger partial charge on any atom is -0.506 e. The zero-order chi connectivity index (χ0) is 26.0. The van der Waals surface area contributed by atoms with Crippen molar-refractivity contribution in [2.45, 2.75) is 57.4 Å². The maximum absolute atomic E-state index is 12.5. The summed E-state index contributed by atoms with van der Waals surface area (Å²) in [6.07, 6.45) is 8.23. The van der Waals surface area contributed by atoms with Gasteiger partial charge in [0.05, 0.1) is 4.70 Å². The van der Waals surface area contributed by atoms with Gasteiger partial charge in [-0.2, -0.15) is 0 Å². The molecule has 2 aromatic carbocycles. The second-order valence-corrected chi connectivity index (χ2v) is 11.1. The molecule has 1 saturated carbocycles. The summed E-state index contributed by atoms with van der Waals surface area (Å²) in [6.45, 7) is 3.89. The van der Waals surface area contributed by atoms with Gasteiger partial charge in [0.15, 0.2) is 0 Å². The van der Waals surface area contributed by atoms with Gasteiger partial charge >= 0.3 is 4.87 Å². The van der Waals surface area contributed by atoms with Gasteiger partial charge in [-0.3, -0.25) is 14.5 Å². The predicted octanol–water partition coefficient (Wildman–Crippen LogP) is 4.46. The molecule has 4 rings (SSSR count). The molecule has 0 aliphatic heterocycles. The number of hydrogen-bond acceptors (Lipinski definition) is 6. The number of aromatic hydroxyl groups is 1. The third-order valence-corrected chi connectivity index (χ3v) is 8.50. The number of hydrogen-bond donors (Lipinski definition) is 4. The number of phenolic OH excluding ortho intramolecular Hbond substituents is 1. The molecule has 0 bridgehead atoms. The molecule has 1 aliphatic rings. The molecule has 0 atom stereocenters. The van der Waals surface area contributed by atoms with Crippen molar-refractivity contribution in [3.63, 3.8) is 0 Å². The van der Waals surface area contributed by atoms with E-state index >= 15 is 0 Å². The van der Waals surface area contributed by atoms with Crippen LogP contribution in [-0.4, -0.2) is 59.7 Å². The molecule has 37 heavy (non-hydrogen) atoms. The molecule has 1 aromatic heterocycles. The van der Waals surface area contributed by atoms with E-state index in [-0.39, 0.29) is 16.5 Å². The number of H-pyrrole nitrogens is 1. The first-order valence-corrected chi connectivity index (χ1v) is 14.5. The number of aromatic amines is 1. The molecule has 1 fully saturated rings. The molecule has 0 spiro atoms. The summed E-state index contributed by atoms with van der Waals surface area (Å²) in [7, 11) is 0.